The van der Waals surface area contributed by atoms with E-state index < -0.39 is 15.8 Å². The van der Waals surface area contributed by atoms with Crippen LogP contribution < -0.4 is 4.72 Å². The maximum atomic E-state index is 13.9. The van der Waals surface area contributed by atoms with Crippen molar-refractivity contribution in [1.29, 1.82) is 0 Å². The lowest BCUT2D eigenvalue weighted by Gasteiger charge is -2.22. The van der Waals surface area contributed by atoms with Gasteiger partial charge in [-0.3, -0.25) is 0 Å². The van der Waals surface area contributed by atoms with Crippen LogP contribution in [0.3, 0.4) is 0 Å². The summed E-state index contributed by atoms with van der Waals surface area (Å²) < 4.78 is 41.1. The van der Waals surface area contributed by atoms with Crippen molar-refractivity contribution in [3.05, 3.63) is 29.6 Å². The smallest absolute Gasteiger partial charge is 0.243 e. The molecule has 1 aromatic carbocycles. The lowest BCUT2D eigenvalue weighted by atomic mass is 9.96. The Morgan fingerprint density at radius 1 is 1.30 bits per heavy atom. The van der Waals surface area contributed by atoms with E-state index >= 15 is 0 Å². The van der Waals surface area contributed by atoms with Gasteiger partial charge in [0.2, 0.25) is 10.0 Å². The Morgan fingerprint density at radius 2 is 2.10 bits per heavy atom. The molecule has 0 heterocycles. The number of aliphatic hydroxyl groups excluding tert-OH is 1. The van der Waals surface area contributed by atoms with Gasteiger partial charge in [-0.1, -0.05) is 12.5 Å². The quantitative estimate of drug-likeness (QED) is 0.890. The van der Waals surface area contributed by atoms with Crippen LogP contribution in [0, 0.1) is 17.7 Å². The molecule has 0 aliphatic heterocycles. The maximum Gasteiger partial charge on any atom is 0.243 e. The van der Waals surface area contributed by atoms with E-state index in [1.165, 1.54) is 18.6 Å². The molecule has 3 rings (SSSR count). The van der Waals surface area contributed by atoms with Crippen molar-refractivity contribution in [2.75, 3.05) is 0 Å². The Bertz CT molecular complexity index is 617. The molecule has 2 bridgehead atoms. The number of sulfonamides is 1. The topological polar surface area (TPSA) is 66.4 Å². The number of hydrogen-bond acceptors (Lipinski definition) is 3. The Kier molecular flexibility index (Phi) is 3.56. The molecule has 110 valence electrons. The van der Waals surface area contributed by atoms with E-state index in [1.54, 1.807) is 0 Å². The minimum atomic E-state index is -3.83. The summed E-state index contributed by atoms with van der Waals surface area (Å²) >= 11 is 0. The summed E-state index contributed by atoms with van der Waals surface area (Å²) in [4.78, 5) is -0.336. The molecule has 2 fully saturated rings. The van der Waals surface area contributed by atoms with Crippen LogP contribution in [0.5, 0.6) is 0 Å². The van der Waals surface area contributed by atoms with E-state index in [0.717, 1.165) is 25.3 Å². The first-order valence-electron chi connectivity index (χ1n) is 6.91. The summed E-state index contributed by atoms with van der Waals surface area (Å²) in [6.45, 7) is -0.308. The number of hydrogen-bond donors (Lipinski definition) is 2. The molecular weight excluding hydrogens is 281 g/mol. The zero-order valence-corrected chi connectivity index (χ0v) is 11.9. The highest BCUT2D eigenvalue weighted by Crippen LogP contribution is 2.44. The largest absolute Gasteiger partial charge is 0.392 e. The normalized spacial score (nSPS) is 29.0. The molecule has 20 heavy (non-hydrogen) atoms. The van der Waals surface area contributed by atoms with Crippen molar-refractivity contribution in [2.24, 2.45) is 11.8 Å². The predicted octanol–water partition coefficient (Wildman–Crippen LogP) is 1.78. The molecule has 2 aliphatic rings. The molecule has 6 heteroatoms. The van der Waals surface area contributed by atoms with Crippen LogP contribution in [0.25, 0.3) is 0 Å². The molecule has 3 unspecified atom stereocenters. The first kappa shape index (κ1) is 14.0. The van der Waals surface area contributed by atoms with Gasteiger partial charge in [0.1, 0.15) is 10.7 Å². The minimum absolute atomic E-state index is 0.0596. The molecular formula is C14H18FNO3S. The average Bonchev–Trinajstić information content (AvgIpc) is 2.99. The molecule has 1 aromatic rings. The van der Waals surface area contributed by atoms with E-state index in [-0.39, 0.29) is 17.5 Å². The molecule has 3 atom stereocenters. The summed E-state index contributed by atoms with van der Waals surface area (Å²) in [5.41, 5.74) is 0.362. The van der Waals surface area contributed by atoms with Gasteiger partial charge in [-0.2, -0.15) is 0 Å². The fourth-order valence-corrected chi connectivity index (χ4v) is 4.89. The second kappa shape index (κ2) is 5.09. The summed E-state index contributed by atoms with van der Waals surface area (Å²) in [7, 11) is -3.83. The van der Waals surface area contributed by atoms with Gasteiger partial charge in [-0.15, -0.1) is 0 Å². The summed E-state index contributed by atoms with van der Waals surface area (Å²) in [5.74, 6) is 0.205. The van der Waals surface area contributed by atoms with Crippen molar-refractivity contribution >= 4 is 10.0 Å². The van der Waals surface area contributed by atoms with E-state index in [9.17, 15) is 12.8 Å². The third-order valence-electron chi connectivity index (χ3n) is 4.51. The minimum Gasteiger partial charge on any atom is -0.392 e. The molecule has 0 aromatic heterocycles. The lowest BCUT2D eigenvalue weighted by molar-refractivity contribution is 0.281. The van der Waals surface area contributed by atoms with Crippen LogP contribution in [0.15, 0.2) is 23.1 Å². The van der Waals surface area contributed by atoms with Crippen LogP contribution in [0.2, 0.25) is 0 Å². The SMILES string of the molecule is O=S(=O)(NC1CC2CCC1C2)c1ccc(CO)cc1F. The van der Waals surface area contributed by atoms with Crippen molar-refractivity contribution in [3.8, 4) is 0 Å². The van der Waals surface area contributed by atoms with Gasteiger partial charge in [0, 0.05) is 6.04 Å². The fourth-order valence-electron chi connectivity index (χ4n) is 3.51. The highest BCUT2D eigenvalue weighted by molar-refractivity contribution is 7.89. The lowest BCUT2D eigenvalue weighted by Crippen LogP contribution is -2.38. The number of benzene rings is 1. The molecule has 4 nitrogen and oxygen atoms in total. The Hall–Kier alpha value is -0.980. The van der Waals surface area contributed by atoms with Gasteiger partial charge in [-0.05, 0) is 48.8 Å². The van der Waals surface area contributed by atoms with Crippen LogP contribution in [-0.4, -0.2) is 19.6 Å². The molecule has 2 saturated carbocycles. The number of fused-ring (bicyclic) bond motifs is 2. The van der Waals surface area contributed by atoms with Crippen LogP contribution in [0.4, 0.5) is 4.39 Å². The third-order valence-corrected chi connectivity index (χ3v) is 6.04. The fraction of sp³-hybridized carbons (Fsp3) is 0.571. The number of nitrogens with one attached hydrogen (secondary N) is 1. The Labute approximate surface area is 118 Å². The third kappa shape index (κ3) is 2.47. The van der Waals surface area contributed by atoms with Crippen LogP contribution in [0.1, 0.15) is 31.2 Å². The van der Waals surface area contributed by atoms with Gasteiger partial charge < -0.3 is 5.11 Å². The monoisotopic (exact) mass is 299 g/mol. The zero-order chi connectivity index (χ0) is 14.3. The molecule has 0 amide bonds. The summed E-state index contributed by atoms with van der Waals surface area (Å²) in [5, 5.41) is 8.93. The van der Waals surface area contributed by atoms with E-state index in [0.29, 0.717) is 17.4 Å². The maximum absolute atomic E-state index is 13.9. The molecule has 0 saturated heterocycles. The highest BCUT2D eigenvalue weighted by Gasteiger charge is 2.41. The number of rotatable bonds is 4. The van der Waals surface area contributed by atoms with Gasteiger partial charge in [0.25, 0.3) is 0 Å². The van der Waals surface area contributed by atoms with E-state index in [1.807, 2.05) is 0 Å². The van der Waals surface area contributed by atoms with Crippen molar-refractivity contribution in [3.63, 3.8) is 0 Å². The van der Waals surface area contributed by atoms with E-state index in [2.05, 4.69) is 4.72 Å². The number of aliphatic hydroxyl groups is 1. The average molecular weight is 299 g/mol. The Morgan fingerprint density at radius 3 is 2.65 bits per heavy atom. The van der Waals surface area contributed by atoms with Gasteiger partial charge >= 0.3 is 0 Å². The molecule has 0 radical (unpaired) electrons. The second-order valence-electron chi connectivity index (χ2n) is 5.83. The van der Waals surface area contributed by atoms with Crippen LogP contribution in [-0.2, 0) is 16.6 Å². The number of halogens is 1. The van der Waals surface area contributed by atoms with Crippen molar-refractivity contribution < 1.29 is 17.9 Å². The Balaban J connectivity index is 1.81. The van der Waals surface area contributed by atoms with Gasteiger partial charge in [0.15, 0.2) is 0 Å². The van der Waals surface area contributed by atoms with Gasteiger partial charge in [-0.25, -0.2) is 17.5 Å². The highest BCUT2D eigenvalue weighted by atomic mass is 32.2. The molecule has 0 spiro atoms. The second-order valence-corrected chi connectivity index (χ2v) is 7.51. The van der Waals surface area contributed by atoms with Crippen molar-refractivity contribution in [1.82, 2.24) is 4.72 Å². The van der Waals surface area contributed by atoms with Crippen molar-refractivity contribution in [2.45, 2.75) is 43.2 Å². The zero-order valence-electron chi connectivity index (χ0n) is 11.0. The van der Waals surface area contributed by atoms with E-state index in [4.69, 9.17) is 5.11 Å². The van der Waals surface area contributed by atoms with Crippen LogP contribution >= 0.6 is 0 Å². The van der Waals surface area contributed by atoms with Gasteiger partial charge in [0.05, 0.1) is 6.61 Å². The molecule has 2 N–H and O–H groups in total. The first-order valence-corrected chi connectivity index (χ1v) is 8.39. The molecule has 2 aliphatic carbocycles. The predicted molar refractivity (Wildman–Crippen MR) is 71.9 cm³/mol. The summed E-state index contributed by atoms with van der Waals surface area (Å²) in [6.07, 6.45) is 4.19. The first-order chi connectivity index (χ1) is 9.49. The standard InChI is InChI=1S/C14H18FNO3S/c15-12-6-10(8-17)2-4-14(12)20(18,19)16-13-7-9-1-3-11(13)5-9/h2,4,6,9,11,13,16-17H,1,3,5,7-8H2. The summed E-state index contributed by atoms with van der Waals surface area (Å²) in [6, 6.07) is 3.65.